The van der Waals surface area contributed by atoms with Gasteiger partial charge in [-0.2, -0.15) is 0 Å². The Morgan fingerprint density at radius 2 is 1.71 bits per heavy atom. The van der Waals surface area contributed by atoms with Gasteiger partial charge in [0.05, 0.1) is 0 Å². The van der Waals surface area contributed by atoms with Gasteiger partial charge in [0.1, 0.15) is 17.7 Å². The van der Waals surface area contributed by atoms with E-state index in [0.29, 0.717) is 5.82 Å². The molecule has 2 heterocycles. The molecule has 0 unspecified atom stereocenters. The number of hydrogen-bond donors (Lipinski definition) is 1. The summed E-state index contributed by atoms with van der Waals surface area (Å²) in [6.07, 6.45) is 2.75. The smallest absolute Gasteiger partial charge is 0.341 e. The van der Waals surface area contributed by atoms with E-state index in [1.807, 2.05) is 23.1 Å². The van der Waals surface area contributed by atoms with Crippen LogP contribution < -0.4 is 9.80 Å². The number of piperazine rings is 1. The van der Waals surface area contributed by atoms with Gasteiger partial charge in [-0.05, 0) is 12.1 Å². The van der Waals surface area contributed by atoms with Gasteiger partial charge in [-0.25, -0.2) is 14.8 Å². The molecule has 0 amide bonds. The molecule has 0 spiro atoms. The number of carboxylic acid groups (broad SMARTS) is 1. The lowest BCUT2D eigenvalue weighted by Gasteiger charge is -2.37. The van der Waals surface area contributed by atoms with Crippen molar-refractivity contribution in [2.75, 3.05) is 36.0 Å². The summed E-state index contributed by atoms with van der Waals surface area (Å²) < 4.78 is 0. The number of aromatic carboxylic acids is 1. The largest absolute Gasteiger partial charge is 0.477 e. The normalized spacial score (nSPS) is 15.0. The second-order valence-corrected chi connectivity index (χ2v) is 4.87. The summed E-state index contributed by atoms with van der Waals surface area (Å²) in [6, 6.07) is 10.2. The molecular formula is C15H16N4O2. The molecule has 1 fully saturated rings. The summed E-state index contributed by atoms with van der Waals surface area (Å²) in [4.78, 5) is 23.5. The molecule has 3 rings (SSSR count). The standard InChI is InChI=1S/C15H16N4O2/c20-15(21)13-10-16-11-17-14(13)19-8-6-18(7-9-19)12-4-2-1-3-5-12/h1-5,10-11H,6-9H2,(H,20,21). The minimum Gasteiger partial charge on any atom is -0.477 e. The molecule has 21 heavy (non-hydrogen) atoms. The second-order valence-electron chi connectivity index (χ2n) is 4.87. The fourth-order valence-corrected chi connectivity index (χ4v) is 2.54. The first-order valence-corrected chi connectivity index (χ1v) is 6.84. The molecule has 0 atom stereocenters. The highest BCUT2D eigenvalue weighted by molar-refractivity contribution is 5.92. The van der Waals surface area contributed by atoms with Gasteiger partial charge in [-0.15, -0.1) is 0 Å². The van der Waals surface area contributed by atoms with E-state index in [4.69, 9.17) is 0 Å². The van der Waals surface area contributed by atoms with Gasteiger partial charge in [0.2, 0.25) is 0 Å². The number of carboxylic acids is 1. The van der Waals surface area contributed by atoms with E-state index in [-0.39, 0.29) is 5.56 Å². The first kappa shape index (κ1) is 13.4. The molecule has 0 radical (unpaired) electrons. The number of rotatable bonds is 3. The first-order valence-electron chi connectivity index (χ1n) is 6.84. The molecule has 1 N–H and O–H groups in total. The van der Waals surface area contributed by atoms with Gasteiger partial charge in [0.15, 0.2) is 0 Å². The van der Waals surface area contributed by atoms with E-state index < -0.39 is 5.97 Å². The average Bonchev–Trinajstić information content (AvgIpc) is 2.56. The minimum atomic E-state index is -0.990. The Labute approximate surface area is 122 Å². The van der Waals surface area contributed by atoms with Gasteiger partial charge >= 0.3 is 5.97 Å². The van der Waals surface area contributed by atoms with E-state index in [2.05, 4.69) is 27.0 Å². The summed E-state index contributed by atoms with van der Waals surface area (Å²) in [7, 11) is 0. The summed E-state index contributed by atoms with van der Waals surface area (Å²) in [5.74, 6) is -0.485. The van der Waals surface area contributed by atoms with Crippen LogP contribution in [-0.4, -0.2) is 47.2 Å². The number of para-hydroxylation sites is 1. The highest BCUT2D eigenvalue weighted by Gasteiger charge is 2.22. The fourth-order valence-electron chi connectivity index (χ4n) is 2.54. The Bertz CT molecular complexity index is 625. The van der Waals surface area contributed by atoms with Gasteiger partial charge in [-0.3, -0.25) is 0 Å². The third-order valence-corrected chi connectivity index (χ3v) is 3.62. The first-order chi connectivity index (χ1) is 10.3. The van der Waals surface area contributed by atoms with Crippen molar-refractivity contribution in [2.45, 2.75) is 0 Å². The lowest BCUT2D eigenvalue weighted by atomic mass is 10.2. The van der Waals surface area contributed by atoms with Gasteiger partial charge in [-0.1, -0.05) is 18.2 Å². The molecule has 0 bridgehead atoms. The molecule has 6 nitrogen and oxygen atoms in total. The number of benzene rings is 1. The van der Waals surface area contributed by atoms with E-state index in [9.17, 15) is 9.90 Å². The van der Waals surface area contributed by atoms with Crippen molar-refractivity contribution < 1.29 is 9.90 Å². The van der Waals surface area contributed by atoms with Gasteiger partial charge in [0, 0.05) is 38.1 Å². The second kappa shape index (κ2) is 5.78. The highest BCUT2D eigenvalue weighted by Crippen LogP contribution is 2.21. The fraction of sp³-hybridized carbons (Fsp3) is 0.267. The van der Waals surface area contributed by atoms with Crippen LogP contribution in [0.3, 0.4) is 0 Å². The van der Waals surface area contributed by atoms with Crippen LogP contribution in [0.5, 0.6) is 0 Å². The molecule has 1 aromatic carbocycles. The summed E-state index contributed by atoms with van der Waals surface area (Å²) in [6.45, 7) is 3.17. The van der Waals surface area contributed by atoms with Crippen molar-refractivity contribution >= 4 is 17.5 Å². The van der Waals surface area contributed by atoms with Crippen LogP contribution in [0.4, 0.5) is 11.5 Å². The predicted molar refractivity (Wildman–Crippen MR) is 79.9 cm³/mol. The number of carbonyl (C=O) groups is 1. The minimum absolute atomic E-state index is 0.158. The molecule has 2 aromatic rings. The van der Waals surface area contributed by atoms with E-state index >= 15 is 0 Å². The van der Waals surface area contributed by atoms with Crippen LogP contribution in [0, 0.1) is 0 Å². The third kappa shape index (κ3) is 2.79. The topological polar surface area (TPSA) is 69.6 Å². The molecule has 1 aliphatic rings. The Kier molecular flexibility index (Phi) is 3.68. The van der Waals surface area contributed by atoms with Crippen molar-refractivity contribution in [1.82, 2.24) is 9.97 Å². The average molecular weight is 284 g/mol. The van der Waals surface area contributed by atoms with E-state index in [0.717, 1.165) is 26.2 Å². The number of nitrogens with zero attached hydrogens (tertiary/aromatic N) is 4. The molecule has 1 aliphatic heterocycles. The van der Waals surface area contributed by atoms with Crippen LogP contribution in [0.2, 0.25) is 0 Å². The van der Waals surface area contributed by atoms with Gasteiger partial charge < -0.3 is 14.9 Å². The molecule has 6 heteroatoms. The maximum absolute atomic E-state index is 11.2. The number of hydrogen-bond acceptors (Lipinski definition) is 5. The lowest BCUT2D eigenvalue weighted by Crippen LogP contribution is -2.47. The van der Waals surface area contributed by atoms with Crippen molar-refractivity contribution in [3.63, 3.8) is 0 Å². The Morgan fingerprint density at radius 1 is 1.05 bits per heavy atom. The third-order valence-electron chi connectivity index (χ3n) is 3.62. The Balaban J connectivity index is 1.73. The monoisotopic (exact) mass is 284 g/mol. The van der Waals surface area contributed by atoms with Crippen LogP contribution in [0.1, 0.15) is 10.4 Å². The Morgan fingerprint density at radius 3 is 2.38 bits per heavy atom. The van der Waals surface area contributed by atoms with Crippen LogP contribution in [0.25, 0.3) is 0 Å². The lowest BCUT2D eigenvalue weighted by molar-refractivity contribution is 0.0696. The molecule has 0 aliphatic carbocycles. The summed E-state index contributed by atoms with van der Waals surface area (Å²) in [5.41, 5.74) is 1.35. The highest BCUT2D eigenvalue weighted by atomic mass is 16.4. The van der Waals surface area contributed by atoms with Crippen LogP contribution in [-0.2, 0) is 0 Å². The Hall–Kier alpha value is -2.63. The summed E-state index contributed by atoms with van der Waals surface area (Å²) in [5, 5.41) is 9.21. The summed E-state index contributed by atoms with van der Waals surface area (Å²) >= 11 is 0. The SMILES string of the molecule is O=C(O)c1cncnc1N1CCN(c2ccccc2)CC1. The molecule has 108 valence electrons. The van der Waals surface area contributed by atoms with Crippen molar-refractivity contribution in [3.8, 4) is 0 Å². The van der Waals surface area contributed by atoms with E-state index in [1.165, 1.54) is 18.2 Å². The van der Waals surface area contributed by atoms with Crippen LogP contribution >= 0.6 is 0 Å². The quantitative estimate of drug-likeness (QED) is 0.921. The zero-order valence-electron chi connectivity index (χ0n) is 11.5. The zero-order chi connectivity index (χ0) is 14.7. The molecule has 0 saturated carbocycles. The van der Waals surface area contributed by atoms with Gasteiger partial charge in [0.25, 0.3) is 0 Å². The van der Waals surface area contributed by atoms with Crippen LogP contribution in [0.15, 0.2) is 42.9 Å². The maximum atomic E-state index is 11.2. The maximum Gasteiger partial charge on any atom is 0.341 e. The van der Waals surface area contributed by atoms with Crippen molar-refractivity contribution in [2.24, 2.45) is 0 Å². The number of anilines is 2. The predicted octanol–water partition coefficient (Wildman–Crippen LogP) is 1.50. The number of aromatic nitrogens is 2. The van der Waals surface area contributed by atoms with E-state index in [1.54, 1.807) is 0 Å². The molecule has 1 saturated heterocycles. The van der Waals surface area contributed by atoms with Crippen molar-refractivity contribution in [3.05, 3.63) is 48.4 Å². The van der Waals surface area contributed by atoms with Crippen molar-refractivity contribution in [1.29, 1.82) is 0 Å². The molecular weight excluding hydrogens is 268 g/mol. The zero-order valence-corrected chi connectivity index (χ0v) is 11.5. The molecule has 1 aromatic heterocycles.